The first-order valence-corrected chi connectivity index (χ1v) is 7.61. The minimum atomic E-state index is -4.75. The molecule has 0 unspecified atom stereocenters. The molecular weight excluding hydrogens is 369 g/mol. The highest BCUT2D eigenvalue weighted by Gasteiger charge is 2.30. The molecule has 0 saturated carbocycles. The van der Waals surface area contributed by atoms with Gasteiger partial charge in [-0.15, -0.1) is 23.4 Å². The van der Waals surface area contributed by atoms with Crippen LogP contribution < -0.4 is 10.1 Å². The number of halogens is 3. The van der Waals surface area contributed by atoms with Crippen molar-refractivity contribution in [2.24, 2.45) is 10.2 Å². The maximum atomic E-state index is 12.1. The van der Waals surface area contributed by atoms with Crippen molar-refractivity contribution >= 4 is 39.6 Å². The third-order valence-electron chi connectivity index (χ3n) is 3.24. The topological polar surface area (TPSA) is 82.0 Å². The molecule has 0 aliphatic rings. The van der Waals surface area contributed by atoms with Gasteiger partial charge in [0, 0.05) is 11.1 Å². The molecule has 0 aliphatic heterocycles. The SMILES string of the molecule is Oc1[nH]c2ccccc2c1N=NC(=S)Nc1ccc(OC(F)(F)F)cc1. The van der Waals surface area contributed by atoms with Crippen LogP contribution in [-0.4, -0.2) is 21.6 Å². The Morgan fingerprint density at radius 2 is 1.81 bits per heavy atom. The van der Waals surface area contributed by atoms with E-state index in [-0.39, 0.29) is 22.4 Å². The van der Waals surface area contributed by atoms with Crippen LogP contribution in [0.15, 0.2) is 58.8 Å². The van der Waals surface area contributed by atoms with E-state index in [1.807, 2.05) is 0 Å². The van der Waals surface area contributed by atoms with E-state index in [9.17, 15) is 18.3 Å². The molecule has 26 heavy (non-hydrogen) atoms. The number of H-pyrrole nitrogens is 1. The summed E-state index contributed by atoms with van der Waals surface area (Å²) < 4.78 is 40.1. The molecule has 1 aromatic heterocycles. The first-order valence-electron chi connectivity index (χ1n) is 7.20. The van der Waals surface area contributed by atoms with Crippen LogP contribution in [0.1, 0.15) is 0 Å². The highest BCUT2D eigenvalue weighted by molar-refractivity contribution is 7.80. The lowest BCUT2D eigenvalue weighted by Gasteiger charge is -2.09. The minimum Gasteiger partial charge on any atom is -0.493 e. The highest BCUT2D eigenvalue weighted by atomic mass is 32.1. The van der Waals surface area contributed by atoms with Crippen molar-refractivity contribution in [1.82, 2.24) is 4.98 Å². The number of rotatable bonds is 3. The number of nitrogens with one attached hydrogen (secondary N) is 2. The number of thiocarbonyl (C=S) groups is 1. The molecule has 0 aliphatic carbocycles. The van der Waals surface area contributed by atoms with E-state index < -0.39 is 6.36 Å². The molecule has 0 bridgehead atoms. The van der Waals surface area contributed by atoms with E-state index >= 15 is 0 Å². The number of alkyl halides is 3. The molecule has 3 N–H and O–H groups in total. The monoisotopic (exact) mass is 380 g/mol. The fourth-order valence-corrected chi connectivity index (χ4v) is 2.36. The van der Waals surface area contributed by atoms with Gasteiger partial charge in [0.2, 0.25) is 11.0 Å². The van der Waals surface area contributed by atoms with Crippen molar-refractivity contribution in [3.8, 4) is 11.6 Å². The number of benzene rings is 2. The van der Waals surface area contributed by atoms with Crippen LogP contribution in [0.2, 0.25) is 0 Å². The molecule has 1 heterocycles. The first kappa shape index (κ1) is 17.7. The van der Waals surface area contributed by atoms with Gasteiger partial charge in [0.15, 0.2) is 5.69 Å². The molecule has 0 fully saturated rings. The van der Waals surface area contributed by atoms with Gasteiger partial charge in [0.25, 0.3) is 0 Å². The number of hydrogen-bond donors (Lipinski definition) is 3. The molecule has 2 aromatic carbocycles. The van der Waals surface area contributed by atoms with E-state index in [2.05, 4.69) is 25.3 Å². The fourth-order valence-electron chi connectivity index (χ4n) is 2.20. The number of aromatic nitrogens is 1. The van der Waals surface area contributed by atoms with Crippen LogP contribution in [0.4, 0.5) is 24.5 Å². The summed E-state index contributed by atoms with van der Waals surface area (Å²) in [6, 6.07) is 12.1. The largest absolute Gasteiger partial charge is 0.573 e. The van der Waals surface area contributed by atoms with Gasteiger partial charge in [-0.05, 0) is 42.5 Å². The third kappa shape index (κ3) is 4.28. The standard InChI is InChI=1S/C16H11F3N4O2S/c17-16(18,19)25-10-7-5-9(6-8-10)20-15(26)23-22-13-11-3-1-2-4-12(11)21-14(13)24/h1-8,21,24H,(H,20,26). The van der Waals surface area contributed by atoms with E-state index in [4.69, 9.17) is 12.2 Å². The van der Waals surface area contributed by atoms with E-state index in [1.54, 1.807) is 24.3 Å². The summed E-state index contributed by atoms with van der Waals surface area (Å²) in [4.78, 5) is 2.76. The maximum Gasteiger partial charge on any atom is 0.573 e. The van der Waals surface area contributed by atoms with E-state index in [0.29, 0.717) is 16.6 Å². The van der Waals surface area contributed by atoms with E-state index in [1.165, 1.54) is 12.1 Å². The molecular formula is C16H11F3N4O2S. The predicted octanol–water partition coefficient (Wildman–Crippen LogP) is 5.25. The summed E-state index contributed by atoms with van der Waals surface area (Å²) in [7, 11) is 0. The lowest BCUT2D eigenvalue weighted by atomic mass is 10.2. The van der Waals surface area contributed by atoms with Crippen molar-refractivity contribution in [2.45, 2.75) is 6.36 Å². The Bertz CT molecular complexity index is 968. The number of aromatic hydroxyl groups is 1. The molecule has 0 atom stereocenters. The van der Waals surface area contributed by atoms with Crippen molar-refractivity contribution < 1.29 is 23.0 Å². The minimum absolute atomic E-state index is 0.0285. The molecule has 134 valence electrons. The quantitative estimate of drug-likeness (QED) is 0.428. The van der Waals surface area contributed by atoms with Crippen molar-refractivity contribution in [3.63, 3.8) is 0 Å². The normalized spacial score (nSPS) is 11.8. The number of anilines is 1. The molecule has 6 nitrogen and oxygen atoms in total. The lowest BCUT2D eigenvalue weighted by Crippen LogP contribution is -2.17. The molecule has 3 aromatic rings. The molecule has 10 heteroatoms. The number of hydrogen-bond acceptors (Lipinski definition) is 4. The first-order chi connectivity index (χ1) is 12.3. The second-order valence-electron chi connectivity index (χ2n) is 5.07. The molecule has 0 radical (unpaired) electrons. The second kappa shape index (κ2) is 7.00. The van der Waals surface area contributed by atoms with Crippen molar-refractivity contribution in [1.29, 1.82) is 0 Å². The number of ether oxygens (including phenoxy) is 1. The van der Waals surface area contributed by atoms with Gasteiger partial charge in [-0.1, -0.05) is 18.2 Å². The summed E-state index contributed by atoms with van der Waals surface area (Å²) in [5.74, 6) is -0.495. The smallest absolute Gasteiger partial charge is 0.493 e. The Morgan fingerprint density at radius 3 is 2.50 bits per heavy atom. The van der Waals surface area contributed by atoms with Gasteiger partial charge >= 0.3 is 6.36 Å². The summed E-state index contributed by atoms with van der Waals surface area (Å²) in [5.41, 5.74) is 1.34. The van der Waals surface area contributed by atoms with Crippen molar-refractivity contribution in [3.05, 3.63) is 48.5 Å². The Kier molecular flexibility index (Phi) is 4.76. The molecule has 0 amide bonds. The lowest BCUT2D eigenvalue weighted by molar-refractivity contribution is -0.274. The van der Waals surface area contributed by atoms with Gasteiger partial charge < -0.3 is 20.1 Å². The van der Waals surface area contributed by atoms with Gasteiger partial charge in [-0.2, -0.15) is 0 Å². The zero-order valence-electron chi connectivity index (χ0n) is 12.9. The highest BCUT2D eigenvalue weighted by Crippen LogP contribution is 2.35. The van der Waals surface area contributed by atoms with Crippen LogP contribution in [0.3, 0.4) is 0 Å². The van der Waals surface area contributed by atoms with Crippen LogP contribution >= 0.6 is 12.2 Å². The van der Waals surface area contributed by atoms with Crippen molar-refractivity contribution in [2.75, 3.05) is 5.32 Å². The summed E-state index contributed by atoms with van der Waals surface area (Å²) in [5, 5.41) is 21.0. The van der Waals surface area contributed by atoms with Gasteiger partial charge in [-0.3, -0.25) is 0 Å². The Morgan fingerprint density at radius 1 is 1.12 bits per heavy atom. The Labute approximate surface area is 150 Å². The van der Waals surface area contributed by atoms with Crippen LogP contribution in [0.5, 0.6) is 11.6 Å². The van der Waals surface area contributed by atoms with Crippen LogP contribution in [-0.2, 0) is 0 Å². The van der Waals surface area contributed by atoms with Crippen LogP contribution in [0.25, 0.3) is 10.9 Å². The van der Waals surface area contributed by atoms with Gasteiger partial charge in [0.05, 0.1) is 5.52 Å². The Balaban J connectivity index is 1.68. The average molecular weight is 380 g/mol. The molecule has 0 saturated heterocycles. The van der Waals surface area contributed by atoms with E-state index in [0.717, 1.165) is 12.1 Å². The number of nitrogens with zero attached hydrogens (tertiary/aromatic N) is 2. The van der Waals surface area contributed by atoms with Gasteiger partial charge in [-0.25, -0.2) is 0 Å². The molecule has 3 rings (SSSR count). The van der Waals surface area contributed by atoms with Crippen LogP contribution in [0, 0.1) is 0 Å². The number of fused-ring (bicyclic) bond motifs is 1. The zero-order chi connectivity index (χ0) is 18.7. The number of azo groups is 1. The number of para-hydroxylation sites is 1. The van der Waals surface area contributed by atoms with Gasteiger partial charge in [0.1, 0.15) is 5.75 Å². The second-order valence-corrected chi connectivity index (χ2v) is 5.46. The number of aromatic amines is 1. The summed E-state index contributed by atoms with van der Waals surface area (Å²) in [6.07, 6.45) is -4.75. The molecule has 0 spiro atoms. The zero-order valence-corrected chi connectivity index (χ0v) is 13.7. The third-order valence-corrected chi connectivity index (χ3v) is 3.42. The maximum absolute atomic E-state index is 12.1. The Hall–Kier alpha value is -3.14. The predicted molar refractivity (Wildman–Crippen MR) is 93.8 cm³/mol. The average Bonchev–Trinajstić information content (AvgIpc) is 2.89. The fraction of sp³-hybridized carbons (Fsp3) is 0.0625. The summed E-state index contributed by atoms with van der Waals surface area (Å²) >= 11 is 5.02. The summed E-state index contributed by atoms with van der Waals surface area (Å²) in [6.45, 7) is 0.